The van der Waals surface area contributed by atoms with Gasteiger partial charge in [-0.05, 0) is 49.1 Å². The number of carbonyl (C=O) groups is 2. The summed E-state index contributed by atoms with van der Waals surface area (Å²) in [6, 6.07) is 14.9. The Labute approximate surface area is 147 Å². The van der Waals surface area contributed by atoms with E-state index in [-0.39, 0.29) is 11.8 Å². The fourth-order valence-electron chi connectivity index (χ4n) is 2.75. The van der Waals surface area contributed by atoms with Crippen molar-refractivity contribution < 1.29 is 14.3 Å². The lowest BCUT2D eigenvalue weighted by Gasteiger charge is -2.17. The molecule has 5 nitrogen and oxygen atoms in total. The highest BCUT2D eigenvalue weighted by molar-refractivity contribution is 6.17. The number of aryl methyl sites for hydroxylation is 1. The van der Waals surface area contributed by atoms with E-state index in [1.807, 2.05) is 36.4 Å². The number of rotatable bonds is 6. The van der Waals surface area contributed by atoms with Gasteiger partial charge in [-0.2, -0.15) is 0 Å². The fraction of sp³-hybridized carbons (Fsp3) is 0.300. The third kappa shape index (κ3) is 3.50. The highest BCUT2D eigenvalue weighted by atomic mass is 16.5. The summed E-state index contributed by atoms with van der Waals surface area (Å²) in [5, 5.41) is 5.68. The maximum absolute atomic E-state index is 12.7. The van der Waals surface area contributed by atoms with Crippen LogP contribution in [0.25, 0.3) is 0 Å². The van der Waals surface area contributed by atoms with Crippen LogP contribution in [0.3, 0.4) is 0 Å². The number of ether oxygens (including phenoxy) is 1. The largest absolute Gasteiger partial charge is 0.495 e. The maximum Gasteiger partial charge on any atom is 0.240 e. The number of nitrogens with one attached hydrogen (secondary N) is 2. The summed E-state index contributed by atoms with van der Waals surface area (Å²) in [5.41, 5.74) is 1.48. The van der Waals surface area contributed by atoms with Gasteiger partial charge < -0.3 is 15.4 Å². The number of para-hydroxylation sites is 2. The topological polar surface area (TPSA) is 67.4 Å². The van der Waals surface area contributed by atoms with E-state index in [1.165, 1.54) is 5.56 Å². The first kappa shape index (κ1) is 17.0. The number of methoxy groups -OCH3 is 1. The zero-order valence-electron chi connectivity index (χ0n) is 14.5. The summed E-state index contributed by atoms with van der Waals surface area (Å²) in [6.07, 6.45) is 2.04. The Morgan fingerprint density at radius 3 is 2.24 bits per heavy atom. The molecular formula is C20H22N2O3. The van der Waals surface area contributed by atoms with Crippen molar-refractivity contribution in [2.24, 2.45) is 5.41 Å². The Hall–Kier alpha value is -2.82. The molecule has 0 aromatic heterocycles. The van der Waals surface area contributed by atoms with E-state index < -0.39 is 5.41 Å². The molecule has 0 atom stereocenters. The molecule has 2 aromatic carbocycles. The second-order valence-electron chi connectivity index (χ2n) is 6.24. The minimum Gasteiger partial charge on any atom is -0.495 e. The summed E-state index contributed by atoms with van der Waals surface area (Å²) in [7, 11) is 1.55. The van der Waals surface area contributed by atoms with Crippen LogP contribution < -0.4 is 15.4 Å². The molecule has 0 radical (unpaired) electrons. The lowest BCUT2D eigenvalue weighted by Crippen LogP contribution is -2.35. The maximum atomic E-state index is 12.7. The highest BCUT2D eigenvalue weighted by Crippen LogP contribution is 2.47. The lowest BCUT2D eigenvalue weighted by molar-refractivity contribution is -0.131. The minimum atomic E-state index is -0.996. The number of hydrogen-bond donors (Lipinski definition) is 2. The van der Waals surface area contributed by atoms with E-state index in [9.17, 15) is 9.59 Å². The predicted molar refractivity (Wildman–Crippen MR) is 97.7 cm³/mol. The zero-order chi connectivity index (χ0) is 17.9. The van der Waals surface area contributed by atoms with Crippen molar-refractivity contribution in [3.05, 3.63) is 54.1 Å². The Morgan fingerprint density at radius 1 is 1.00 bits per heavy atom. The van der Waals surface area contributed by atoms with Crippen LogP contribution >= 0.6 is 0 Å². The van der Waals surface area contributed by atoms with Crippen LogP contribution in [0.1, 0.15) is 25.3 Å². The second kappa shape index (κ2) is 6.97. The third-order valence-corrected chi connectivity index (χ3v) is 4.59. The standard InChI is InChI=1S/C20H22N2O3/c1-3-14-8-10-15(11-9-14)21-18(23)20(12-13-20)19(24)22-16-6-4-5-7-17(16)25-2/h4-11H,3,12-13H2,1-2H3,(H,21,23)(H,22,24). The number of hydrogen-bond acceptors (Lipinski definition) is 3. The molecule has 0 saturated heterocycles. The molecular weight excluding hydrogens is 316 g/mol. The van der Waals surface area contributed by atoms with Gasteiger partial charge in [0.2, 0.25) is 11.8 Å². The molecule has 1 aliphatic carbocycles. The molecule has 0 spiro atoms. The van der Waals surface area contributed by atoms with Gasteiger partial charge >= 0.3 is 0 Å². The van der Waals surface area contributed by atoms with Gasteiger partial charge in [0.05, 0.1) is 12.8 Å². The second-order valence-corrected chi connectivity index (χ2v) is 6.24. The van der Waals surface area contributed by atoms with Gasteiger partial charge in [-0.3, -0.25) is 9.59 Å². The van der Waals surface area contributed by atoms with Crippen molar-refractivity contribution in [2.75, 3.05) is 17.7 Å². The fourth-order valence-corrected chi connectivity index (χ4v) is 2.75. The molecule has 130 valence electrons. The van der Waals surface area contributed by atoms with Gasteiger partial charge in [-0.1, -0.05) is 31.2 Å². The normalized spacial score (nSPS) is 14.5. The molecule has 0 unspecified atom stereocenters. The molecule has 1 saturated carbocycles. The van der Waals surface area contributed by atoms with Crippen LogP contribution in [0.2, 0.25) is 0 Å². The molecule has 2 aromatic rings. The number of carbonyl (C=O) groups excluding carboxylic acids is 2. The molecule has 0 aliphatic heterocycles. The molecule has 3 rings (SSSR count). The Bertz CT molecular complexity index is 780. The molecule has 2 N–H and O–H groups in total. The van der Waals surface area contributed by atoms with Gasteiger partial charge in [0, 0.05) is 5.69 Å². The number of anilines is 2. The van der Waals surface area contributed by atoms with Crippen LogP contribution in [-0.2, 0) is 16.0 Å². The molecule has 0 heterocycles. The predicted octanol–water partition coefficient (Wildman–Crippen LogP) is 3.62. The van der Waals surface area contributed by atoms with Gasteiger partial charge in [0.25, 0.3) is 0 Å². The highest BCUT2D eigenvalue weighted by Gasteiger charge is 2.56. The SMILES string of the molecule is CCc1ccc(NC(=O)C2(C(=O)Nc3ccccc3OC)CC2)cc1. The van der Waals surface area contributed by atoms with E-state index in [4.69, 9.17) is 4.74 Å². The van der Waals surface area contributed by atoms with Crippen LogP contribution in [0.15, 0.2) is 48.5 Å². The van der Waals surface area contributed by atoms with E-state index in [2.05, 4.69) is 17.6 Å². The van der Waals surface area contributed by atoms with E-state index in [1.54, 1.807) is 19.2 Å². The minimum absolute atomic E-state index is 0.260. The zero-order valence-corrected chi connectivity index (χ0v) is 14.5. The first-order valence-electron chi connectivity index (χ1n) is 8.44. The van der Waals surface area contributed by atoms with Crippen molar-refractivity contribution in [3.63, 3.8) is 0 Å². The first-order chi connectivity index (χ1) is 12.1. The van der Waals surface area contributed by atoms with Gasteiger partial charge in [0.15, 0.2) is 0 Å². The molecule has 5 heteroatoms. The summed E-state index contributed by atoms with van der Waals surface area (Å²) in [4.78, 5) is 25.3. The summed E-state index contributed by atoms with van der Waals surface area (Å²) in [6.45, 7) is 2.08. The van der Waals surface area contributed by atoms with Crippen molar-refractivity contribution in [2.45, 2.75) is 26.2 Å². The average Bonchev–Trinajstić information content (AvgIpc) is 3.45. The summed E-state index contributed by atoms with van der Waals surface area (Å²) >= 11 is 0. The van der Waals surface area contributed by atoms with Crippen molar-refractivity contribution >= 4 is 23.2 Å². The average molecular weight is 338 g/mol. The quantitative estimate of drug-likeness (QED) is 0.791. The van der Waals surface area contributed by atoms with Crippen LogP contribution in [-0.4, -0.2) is 18.9 Å². The van der Waals surface area contributed by atoms with Gasteiger partial charge in [-0.15, -0.1) is 0 Å². The summed E-state index contributed by atoms with van der Waals surface area (Å²) < 4.78 is 5.24. The van der Waals surface area contributed by atoms with Crippen LogP contribution in [0.5, 0.6) is 5.75 Å². The van der Waals surface area contributed by atoms with Crippen molar-refractivity contribution in [1.29, 1.82) is 0 Å². The number of benzene rings is 2. The molecule has 25 heavy (non-hydrogen) atoms. The van der Waals surface area contributed by atoms with E-state index >= 15 is 0 Å². The van der Waals surface area contributed by atoms with E-state index in [0.717, 1.165) is 6.42 Å². The Balaban J connectivity index is 1.70. The molecule has 1 fully saturated rings. The smallest absolute Gasteiger partial charge is 0.240 e. The Morgan fingerprint density at radius 2 is 1.64 bits per heavy atom. The third-order valence-electron chi connectivity index (χ3n) is 4.59. The summed E-state index contributed by atoms with van der Waals surface area (Å²) in [5.74, 6) is 0.0195. The van der Waals surface area contributed by atoms with Crippen LogP contribution in [0.4, 0.5) is 11.4 Å². The lowest BCUT2D eigenvalue weighted by atomic mass is 10.0. The van der Waals surface area contributed by atoms with E-state index in [0.29, 0.717) is 30.0 Å². The first-order valence-corrected chi connectivity index (χ1v) is 8.44. The Kier molecular flexibility index (Phi) is 4.74. The monoisotopic (exact) mass is 338 g/mol. The van der Waals surface area contributed by atoms with Gasteiger partial charge in [-0.25, -0.2) is 0 Å². The van der Waals surface area contributed by atoms with Crippen molar-refractivity contribution in [1.82, 2.24) is 0 Å². The van der Waals surface area contributed by atoms with Crippen LogP contribution in [0, 0.1) is 5.41 Å². The van der Waals surface area contributed by atoms with Gasteiger partial charge in [0.1, 0.15) is 11.2 Å². The molecule has 0 bridgehead atoms. The molecule has 1 aliphatic rings. The molecule has 2 amide bonds. The number of amides is 2. The van der Waals surface area contributed by atoms with Crippen molar-refractivity contribution in [3.8, 4) is 5.75 Å².